The molecule has 0 radical (unpaired) electrons. The number of nitrogens with zero attached hydrogens (tertiary/aromatic N) is 4. The SMILES string of the molecule is CC(=O)N(CC(=O)O)CC1CN(C(=O)c2ccnc(C3CC3)n2)CCO1. The van der Waals surface area contributed by atoms with Crippen LogP contribution in [0.3, 0.4) is 0 Å². The van der Waals surface area contributed by atoms with Crippen molar-refractivity contribution in [1.82, 2.24) is 19.8 Å². The average molecular weight is 362 g/mol. The number of carbonyl (C=O) groups excluding carboxylic acids is 2. The van der Waals surface area contributed by atoms with Gasteiger partial charge in [0.1, 0.15) is 18.1 Å². The van der Waals surface area contributed by atoms with E-state index in [9.17, 15) is 14.4 Å². The lowest BCUT2D eigenvalue weighted by Gasteiger charge is -2.35. The Balaban J connectivity index is 1.63. The molecule has 1 aliphatic heterocycles. The Labute approximate surface area is 151 Å². The van der Waals surface area contributed by atoms with Gasteiger partial charge >= 0.3 is 5.97 Å². The number of ether oxygens (including phenoxy) is 1. The van der Waals surface area contributed by atoms with E-state index in [-0.39, 0.29) is 31.4 Å². The Hall–Kier alpha value is -2.55. The summed E-state index contributed by atoms with van der Waals surface area (Å²) >= 11 is 0. The van der Waals surface area contributed by atoms with Gasteiger partial charge in [0.05, 0.1) is 12.7 Å². The van der Waals surface area contributed by atoms with Gasteiger partial charge in [0.25, 0.3) is 5.91 Å². The molecule has 1 unspecified atom stereocenters. The van der Waals surface area contributed by atoms with Crippen LogP contribution in [0.25, 0.3) is 0 Å². The molecule has 1 aliphatic carbocycles. The first-order chi connectivity index (χ1) is 12.4. The van der Waals surface area contributed by atoms with Crippen molar-refractivity contribution in [3.63, 3.8) is 0 Å². The molecule has 1 saturated heterocycles. The molecule has 140 valence electrons. The Morgan fingerprint density at radius 2 is 2.15 bits per heavy atom. The number of amides is 2. The summed E-state index contributed by atoms with van der Waals surface area (Å²) in [4.78, 5) is 46.7. The molecule has 2 heterocycles. The van der Waals surface area contributed by atoms with Crippen LogP contribution in [0.5, 0.6) is 0 Å². The third-order valence-corrected chi connectivity index (χ3v) is 4.46. The highest BCUT2D eigenvalue weighted by molar-refractivity contribution is 5.92. The highest BCUT2D eigenvalue weighted by Gasteiger charge is 2.30. The van der Waals surface area contributed by atoms with Crippen molar-refractivity contribution in [2.75, 3.05) is 32.8 Å². The molecule has 9 nitrogen and oxygen atoms in total. The lowest BCUT2D eigenvalue weighted by molar-refractivity contribution is -0.145. The minimum Gasteiger partial charge on any atom is -0.480 e. The molecule has 9 heteroatoms. The van der Waals surface area contributed by atoms with Crippen molar-refractivity contribution in [1.29, 1.82) is 0 Å². The number of carboxylic acids is 1. The molecule has 1 atom stereocenters. The van der Waals surface area contributed by atoms with Crippen molar-refractivity contribution in [2.24, 2.45) is 0 Å². The highest BCUT2D eigenvalue weighted by atomic mass is 16.5. The van der Waals surface area contributed by atoms with Gasteiger partial charge in [-0.3, -0.25) is 14.4 Å². The average Bonchev–Trinajstić information content (AvgIpc) is 3.45. The first-order valence-corrected chi connectivity index (χ1v) is 8.65. The molecule has 0 aromatic carbocycles. The summed E-state index contributed by atoms with van der Waals surface area (Å²) < 4.78 is 5.61. The van der Waals surface area contributed by atoms with Gasteiger partial charge in [-0.15, -0.1) is 0 Å². The fourth-order valence-corrected chi connectivity index (χ4v) is 2.92. The van der Waals surface area contributed by atoms with Crippen LogP contribution < -0.4 is 0 Å². The maximum absolute atomic E-state index is 12.7. The highest BCUT2D eigenvalue weighted by Crippen LogP contribution is 2.37. The number of aromatic nitrogens is 2. The molecule has 26 heavy (non-hydrogen) atoms. The second-order valence-corrected chi connectivity index (χ2v) is 6.61. The van der Waals surface area contributed by atoms with E-state index in [0.29, 0.717) is 30.6 Å². The van der Waals surface area contributed by atoms with Crippen LogP contribution >= 0.6 is 0 Å². The van der Waals surface area contributed by atoms with Crippen molar-refractivity contribution >= 4 is 17.8 Å². The quantitative estimate of drug-likeness (QED) is 0.765. The molecule has 0 spiro atoms. The fraction of sp³-hybridized carbons (Fsp3) is 0.588. The number of hydrogen-bond acceptors (Lipinski definition) is 6. The normalized spacial score (nSPS) is 19.9. The Morgan fingerprint density at radius 3 is 2.81 bits per heavy atom. The zero-order valence-electron chi connectivity index (χ0n) is 14.6. The molecule has 1 aromatic rings. The van der Waals surface area contributed by atoms with E-state index >= 15 is 0 Å². The first kappa shape index (κ1) is 18.2. The maximum Gasteiger partial charge on any atom is 0.323 e. The lowest BCUT2D eigenvalue weighted by atomic mass is 10.2. The van der Waals surface area contributed by atoms with Crippen LogP contribution in [-0.4, -0.2) is 81.5 Å². The van der Waals surface area contributed by atoms with E-state index in [1.165, 1.54) is 11.8 Å². The van der Waals surface area contributed by atoms with Crippen LogP contribution in [0, 0.1) is 0 Å². The molecular weight excluding hydrogens is 340 g/mol. The summed E-state index contributed by atoms with van der Waals surface area (Å²) in [5.41, 5.74) is 0.358. The van der Waals surface area contributed by atoms with Gasteiger partial charge in [0.15, 0.2) is 0 Å². The minimum absolute atomic E-state index is 0.127. The van der Waals surface area contributed by atoms with E-state index in [1.807, 2.05) is 0 Å². The summed E-state index contributed by atoms with van der Waals surface area (Å²) in [6, 6.07) is 1.60. The Bertz CT molecular complexity index is 706. The molecule has 2 aliphatic rings. The summed E-state index contributed by atoms with van der Waals surface area (Å²) in [6.45, 7) is 2.09. The molecule has 0 bridgehead atoms. The van der Waals surface area contributed by atoms with Gasteiger partial charge < -0.3 is 19.6 Å². The van der Waals surface area contributed by atoms with Gasteiger partial charge in [0, 0.05) is 38.7 Å². The summed E-state index contributed by atoms with van der Waals surface area (Å²) in [7, 11) is 0. The Kier molecular flexibility index (Phi) is 5.46. The van der Waals surface area contributed by atoms with E-state index in [1.54, 1.807) is 17.2 Å². The Morgan fingerprint density at radius 1 is 1.38 bits per heavy atom. The van der Waals surface area contributed by atoms with Gasteiger partial charge in [-0.25, -0.2) is 9.97 Å². The van der Waals surface area contributed by atoms with Gasteiger partial charge in [-0.1, -0.05) is 0 Å². The smallest absolute Gasteiger partial charge is 0.323 e. The van der Waals surface area contributed by atoms with Gasteiger partial charge in [0.2, 0.25) is 5.91 Å². The van der Waals surface area contributed by atoms with Crippen molar-refractivity contribution in [3.8, 4) is 0 Å². The number of hydrogen-bond donors (Lipinski definition) is 1. The molecule has 1 saturated carbocycles. The third-order valence-electron chi connectivity index (χ3n) is 4.46. The van der Waals surface area contributed by atoms with E-state index in [0.717, 1.165) is 12.8 Å². The standard InChI is InChI=1S/C17H22N4O5/c1-11(22)21(10-15(23)24)9-13-8-20(6-7-26-13)17(25)14-4-5-18-16(19-14)12-2-3-12/h4-5,12-13H,2-3,6-10H2,1H3,(H,23,24). The van der Waals surface area contributed by atoms with E-state index < -0.39 is 12.1 Å². The predicted octanol–water partition coefficient (Wildman–Crippen LogP) is 0.128. The summed E-state index contributed by atoms with van der Waals surface area (Å²) in [5.74, 6) is -0.553. The number of morpholine rings is 1. The number of rotatable bonds is 6. The summed E-state index contributed by atoms with van der Waals surface area (Å²) in [5, 5.41) is 8.91. The molecule has 2 fully saturated rings. The molecule has 3 rings (SSSR count). The van der Waals surface area contributed by atoms with Crippen LogP contribution in [0.2, 0.25) is 0 Å². The second kappa shape index (κ2) is 7.77. The predicted molar refractivity (Wildman–Crippen MR) is 89.5 cm³/mol. The molecule has 1 aromatic heterocycles. The van der Waals surface area contributed by atoms with Crippen LogP contribution in [-0.2, 0) is 14.3 Å². The fourth-order valence-electron chi connectivity index (χ4n) is 2.92. The van der Waals surface area contributed by atoms with Crippen LogP contribution in [0.4, 0.5) is 0 Å². The zero-order chi connectivity index (χ0) is 18.7. The van der Waals surface area contributed by atoms with E-state index in [4.69, 9.17) is 9.84 Å². The van der Waals surface area contributed by atoms with Gasteiger partial charge in [-0.2, -0.15) is 0 Å². The largest absolute Gasteiger partial charge is 0.480 e. The minimum atomic E-state index is -1.09. The number of carboxylic acid groups (broad SMARTS) is 1. The van der Waals surface area contributed by atoms with Crippen molar-refractivity contribution < 1.29 is 24.2 Å². The van der Waals surface area contributed by atoms with Crippen LogP contribution in [0.1, 0.15) is 42.0 Å². The molecule has 2 amide bonds. The monoisotopic (exact) mass is 362 g/mol. The van der Waals surface area contributed by atoms with Crippen molar-refractivity contribution in [3.05, 3.63) is 23.8 Å². The maximum atomic E-state index is 12.7. The number of carbonyl (C=O) groups is 3. The van der Waals surface area contributed by atoms with Gasteiger partial charge in [-0.05, 0) is 18.9 Å². The third kappa shape index (κ3) is 4.54. The zero-order valence-corrected chi connectivity index (χ0v) is 14.6. The molecular formula is C17H22N4O5. The molecule has 1 N–H and O–H groups in total. The lowest BCUT2D eigenvalue weighted by Crippen LogP contribution is -2.51. The van der Waals surface area contributed by atoms with Crippen molar-refractivity contribution in [2.45, 2.75) is 31.8 Å². The summed E-state index contributed by atoms with van der Waals surface area (Å²) in [6.07, 6.45) is 3.29. The first-order valence-electron chi connectivity index (χ1n) is 8.65. The van der Waals surface area contributed by atoms with Crippen LogP contribution in [0.15, 0.2) is 12.3 Å². The number of aliphatic carboxylic acids is 1. The topological polar surface area (TPSA) is 113 Å². The second-order valence-electron chi connectivity index (χ2n) is 6.61. The van der Waals surface area contributed by atoms with E-state index in [2.05, 4.69) is 9.97 Å².